The molecule has 1 aliphatic rings. The average molecular weight is 674 g/mol. The standard InChI is InChI=1S/C31H32BrF3N6O3/c1-19-29(38-30(43)25-17-27(31(33,34)35)37-26-8-7-23(32)16-24(25)26)20(2)41(39-19)18-22-5-3-21(4-6-22)15-28(42)36-9-10-40-11-13-44-14-12-40/h3-8,16-17H,9-15,18H2,1-2H3,(H,36,42)(H,38,43). The van der Waals surface area contributed by atoms with Crippen LogP contribution in [0.25, 0.3) is 10.9 Å². The van der Waals surface area contributed by atoms with Crippen LogP contribution in [0.15, 0.2) is 53.0 Å². The second kappa shape index (κ2) is 13.4. The number of hydrogen-bond acceptors (Lipinski definition) is 6. The number of aryl methyl sites for hydroxylation is 1. The number of aromatic nitrogens is 3. The summed E-state index contributed by atoms with van der Waals surface area (Å²) < 4.78 is 48.4. The summed E-state index contributed by atoms with van der Waals surface area (Å²) in [5.74, 6) is -0.735. The molecule has 0 bridgehead atoms. The summed E-state index contributed by atoms with van der Waals surface area (Å²) in [6, 6.07) is 13.0. The van der Waals surface area contributed by atoms with Crippen LogP contribution in [0.5, 0.6) is 0 Å². The molecule has 2 aromatic heterocycles. The van der Waals surface area contributed by atoms with Crippen molar-refractivity contribution in [2.24, 2.45) is 0 Å². The fourth-order valence-corrected chi connectivity index (χ4v) is 5.47. The quantitative estimate of drug-likeness (QED) is 0.256. The number of nitrogens with one attached hydrogen (secondary N) is 2. The first kappa shape index (κ1) is 31.6. The van der Waals surface area contributed by atoms with Crippen molar-refractivity contribution < 1.29 is 27.5 Å². The Balaban J connectivity index is 1.24. The van der Waals surface area contributed by atoms with Crippen LogP contribution < -0.4 is 10.6 Å². The van der Waals surface area contributed by atoms with Gasteiger partial charge in [-0.2, -0.15) is 18.3 Å². The van der Waals surface area contributed by atoms with Crippen LogP contribution in [0, 0.1) is 13.8 Å². The lowest BCUT2D eigenvalue weighted by atomic mass is 10.1. The van der Waals surface area contributed by atoms with Crippen LogP contribution in [0.4, 0.5) is 18.9 Å². The lowest BCUT2D eigenvalue weighted by Crippen LogP contribution is -2.41. The molecule has 2 N–H and O–H groups in total. The molecule has 0 radical (unpaired) electrons. The number of halogens is 4. The number of benzene rings is 2. The molecule has 1 fully saturated rings. The van der Waals surface area contributed by atoms with Crippen LogP contribution >= 0.6 is 15.9 Å². The van der Waals surface area contributed by atoms with Gasteiger partial charge in [0, 0.05) is 36.0 Å². The molecule has 0 spiro atoms. The molecule has 13 heteroatoms. The number of rotatable bonds is 9. The van der Waals surface area contributed by atoms with Crippen molar-refractivity contribution in [2.75, 3.05) is 44.7 Å². The highest BCUT2D eigenvalue weighted by molar-refractivity contribution is 9.10. The normalized spacial score (nSPS) is 14.1. The van der Waals surface area contributed by atoms with Crippen molar-refractivity contribution in [3.05, 3.63) is 86.8 Å². The summed E-state index contributed by atoms with van der Waals surface area (Å²) in [5.41, 5.74) is 2.19. The molecule has 1 saturated heterocycles. The van der Waals surface area contributed by atoms with E-state index in [9.17, 15) is 22.8 Å². The van der Waals surface area contributed by atoms with Crippen LogP contribution in [-0.2, 0) is 28.7 Å². The van der Waals surface area contributed by atoms with E-state index in [4.69, 9.17) is 4.74 Å². The molecule has 232 valence electrons. The van der Waals surface area contributed by atoms with Crippen molar-refractivity contribution in [3.63, 3.8) is 0 Å². The zero-order valence-corrected chi connectivity index (χ0v) is 25.9. The van der Waals surface area contributed by atoms with Gasteiger partial charge in [0.2, 0.25) is 5.91 Å². The SMILES string of the molecule is Cc1nn(Cc2ccc(CC(=O)NCCN3CCOCC3)cc2)c(C)c1NC(=O)c1cc(C(F)(F)F)nc2ccc(Br)cc12. The fraction of sp³-hybridized carbons (Fsp3) is 0.355. The van der Waals surface area contributed by atoms with Gasteiger partial charge in [-0.25, -0.2) is 4.98 Å². The Labute approximate surface area is 260 Å². The topological polar surface area (TPSA) is 101 Å². The zero-order valence-electron chi connectivity index (χ0n) is 24.3. The Morgan fingerprint density at radius 1 is 1.02 bits per heavy atom. The highest BCUT2D eigenvalue weighted by Crippen LogP contribution is 2.32. The number of amides is 2. The molecule has 1 aliphatic heterocycles. The summed E-state index contributed by atoms with van der Waals surface area (Å²) in [5, 5.41) is 10.6. The number of nitrogens with zero attached hydrogens (tertiary/aromatic N) is 4. The molecule has 2 amide bonds. The van der Waals surface area contributed by atoms with Gasteiger partial charge in [-0.15, -0.1) is 0 Å². The predicted octanol–water partition coefficient (Wildman–Crippen LogP) is 5.12. The van der Waals surface area contributed by atoms with Gasteiger partial charge in [0.25, 0.3) is 5.91 Å². The fourth-order valence-electron chi connectivity index (χ4n) is 5.11. The van der Waals surface area contributed by atoms with E-state index in [0.717, 1.165) is 50.0 Å². The van der Waals surface area contributed by atoms with Crippen molar-refractivity contribution in [3.8, 4) is 0 Å². The number of fused-ring (bicyclic) bond motifs is 1. The van der Waals surface area contributed by atoms with Gasteiger partial charge in [-0.05, 0) is 49.2 Å². The van der Waals surface area contributed by atoms with E-state index in [-0.39, 0.29) is 23.4 Å². The molecule has 3 heterocycles. The van der Waals surface area contributed by atoms with E-state index in [1.54, 1.807) is 30.7 Å². The van der Waals surface area contributed by atoms with Crippen molar-refractivity contribution in [2.45, 2.75) is 33.0 Å². The molecule has 2 aromatic carbocycles. The van der Waals surface area contributed by atoms with Crippen molar-refractivity contribution >= 4 is 44.3 Å². The molecule has 0 aliphatic carbocycles. The van der Waals surface area contributed by atoms with Gasteiger partial charge in [0.15, 0.2) is 0 Å². The average Bonchev–Trinajstić information content (AvgIpc) is 3.24. The number of anilines is 1. The number of ether oxygens (including phenoxy) is 1. The number of morpholine rings is 1. The number of hydrogen-bond donors (Lipinski definition) is 2. The number of alkyl halides is 3. The van der Waals surface area contributed by atoms with E-state index in [1.165, 1.54) is 6.07 Å². The monoisotopic (exact) mass is 672 g/mol. The van der Waals surface area contributed by atoms with Gasteiger partial charge in [0.1, 0.15) is 5.69 Å². The van der Waals surface area contributed by atoms with Gasteiger partial charge < -0.3 is 15.4 Å². The molecule has 0 atom stereocenters. The summed E-state index contributed by atoms with van der Waals surface area (Å²) in [6.07, 6.45) is -4.44. The maximum atomic E-state index is 13.6. The minimum Gasteiger partial charge on any atom is -0.379 e. The van der Waals surface area contributed by atoms with Gasteiger partial charge in [-0.3, -0.25) is 19.2 Å². The highest BCUT2D eigenvalue weighted by atomic mass is 79.9. The van der Waals surface area contributed by atoms with Crippen LogP contribution in [0.1, 0.15) is 38.6 Å². The van der Waals surface area contributed by atoms with Crippen LogP contribution in [-0.4, -0.2) is 70.9 Å². The van der Waals surface area contributed by atoms with Crippen LogP contribution in [0.3, 0.4) is 0 Å². The Morgan fingerprint density at radius 2 is 1.73 bits per heavy atom. The minimum atomic E-state index is -4.71. The number of pyridine rings is 1. The Morgan fingerprint density at radius 3 is 2.43 bits per heavy atom. The lowest BCUT2D eigenvalue weighted by molar-refractivity contribution is -0.141. The molecule has 44 heavy (non-hydrogen) atoms. The third-order valence-corrected chi connectivity index (χ3v) is 7.99. The smallest absolute Gasteiger partial charge is 0.379 e. The number of carbonyl (C=O) groups excluding carboxylic acids is 2. The number of carbonyl (C=O) groups is 2. The van der Waals surface area contributed by atoms with Gasteiger partial charge in [-0.1, -0.05) is 40.2 Å². The molecular formula is C31H32BrF3N6O3. The summed E-state index contributed by atoms with van der Waals surface area (Å²) in [7, 11) is 0. The zero-order chi connectivity index (χ0) is 31.4. The van der Waals surface area contributed by atoms with Gasteiger partial charge >= 0.3 is 6.18 Å². The molecule has 0 unspecified atom stereocenters. The minimum absolute atomic E-state index is 0.0402. The highest BCUT2D eigenvalue weighted by Gasteiger charge is 2.34. The molecular weight excluding hydrogens is 641 g/mol. The third-order valence-electron chi connectivity index (χ3n) is 7.50. The van der Waals surface area contributed by atoms with E-state index in [0.29, 0.717) is 40.0 Å². The third kappa shape index (κ3) is 7.63. The van der Waals surface area contributed by atoms with Crippen LogP contribution in [0.2, 0.25) is 0 Å². The van der Waals surface area contributed by atoms with E-state index < -0.39 is 17.8 Å². The Kier molecular flexibility index (Phi) is 9.66. The first-order valence-electron chi connectivity index (χ1n) is 14.2. The summed E-state index contributed by atoms with van der Waals surface area (Å²) in [4.78, 5) is 31.7. The Hall–Kier alpha value is -3.81. The second-order valence-corrected chi connectivity index (χ2v) is 11.6. The summed E-state index contributed by atoms with van der Waals surface area (Å²) >= 11 is 3.32. The van der Waals surface area contributed by atoms with E-state index >= 15 is 0 Å². The molecule has 9 nitrogen and oxygen atoms in total. The van der Waals surface area contributed by atoms with E-state index in [1.807, 2.05) is 24.3 Å². The van der Waals surface area contributed by atoms with Crippen molar-refractivity contribution in [1.82, 2.24) is 25.0 Å². The van der Waals surface area contributed by atoms with Gasteiger partial charge in [0.05, 0.1) is 54.3 Å². The lowest BCUT2D eigenvalue weighted by Gasteiger charge is -2.26. The first-order valence-corrected chi connectivity index (χ1v) is 14.9. The largest absolute Gasteiger partial charge is 0.433 e. The predicted molar refractivity (Wildman–Crippen MR) is 164 cm³/mol. The maximum Gasteiger partial charge on any atom is 0.433 e. The molecule has 0 saturated carbocycles. The van der Waals surface area contributed by atoms with Crippen molar-refractivity contribution in [1.29, 1.82) is 0 Å². The first-order chi connectivity index (χ1) is 21.0. The summed E-state index contributed by atoms with van der Waals surface area (Å²) in [6.45, 7) is 8.50. The molecule has 5 rings (SSSR count). The second-order valence-electron chi connectivity index (χ2n) is 10.7. The Bertz CT molecular complexity index is 1670. The molecule has 4 aromatic rings. The maximum absolute atomic E-state index is 13.6. The van der Waals surface area contributed by atoms with E-state index in [2.05, 4.69) is 41.5 Å².